The van der Waals surface area contributed by atoms with Crippen molar-refractivity contribution < 1.29 is 0 Å². The van der Waals surface area contributed by atoms with Gasteiger partial charge in [0.15, 0.2) is 0 Å². The van der Waals surface area contributed by atoms with Crippen LogP contribution < -0.4 is 5.73 Å². The van der Waals surface area contributed by atoms with Crippen LogP contribution in [0.5, 0.6) is 0 Å². The lowest BCUT2D eigenvalue weighted by Gasteiger charge is -2.07. The molecule has 96 valence electrons. The van der Waals surface area contributed by atoms with E-state index in [1.807, 2.05) is 24.3 Å². The Balaban J connectivity index is 2.08. The van der Waals surface area contributed by atoms with Gasteiger partial charge >= 0.3 is 0 Å². The maximum Gasteiger partial charge on any atom is 0.117 e. The lowest BCUT2D eigenvalue weighted by molar-refractivity contribution is 1.10. The molecule has 0 unspecified atom stereocenters. The number of aromatic nitrogens is 2. The van der Waals surface area contributed by atoms with Gasteiger partial charge in [-0.25, -0.2) is 9.97 Å². The van der Waals surface area contributed by atoms with Crippen molar-refractivity contribution in [3.63, 3.8) is 0 Å². The molecular formula is C15H10N4S. The molecule has 0 spiro atoms. The largest absolute Gasteiger partial charge is 0.398 e. The van der Waals surface area contributed by atoms with E-state index in [9.17, 15) is 0 Å². The monoisotopic (exact) mass is 278 g/mol. The van der Waals surface area contributed by atoms with Crippen molar-refractivity contribution in [3.05, 3.63) is 54.4 Å². The highest BCUT2D eigenvalue weighted by Crippen LogP contribution is 2.34. The molecule has 2 aromatic carbocycles. The van der Waals surface area contributed by atoms with Crippen molar-refractivity contribution in [2.24, 2.45) is 0 Å². The summed E-state index contributed by atoms with van der Waals surface area (Å²) in [6, 6.07) is 15.1. The van der Waals surface area contributed by atoms with Gasteiger partial charge in [-0.1, -0.05) is 30.0 Å². The Morgan fingerprint density at radius 2 is 1.95 bits per heavy atom. The van der Waals surface area contributed by atoms with Crippen LogP contribution in [-0.2, 0) is 0 Å². The Hall–Kier alpha value is -2.58. The number of hydrogen-bond donors (Lipinski definition) is 1. The molecule has 0 aliphatic rings. The number of nitrogen functional groups attached to an aromatic ring is 1. The first-order valence-electron chi connectivity index (χ1n) is 5.95. The number of nitrogens with zero attached hydrogens (tertiary/aromatic N) is 3. The zero-order valence-corrected chi connectivity index (χ0v) is 11.3. The molecule has 5 heteroatoms. The van der Waals surface area contributed by atoms with Gasteiger partial charge in [0.2, 0.25) is 0 Å². The van der Waals surface area contributed by atoms with E-state index >= 15 is 0 Å². The normalized spacial score (nSPS) is 10.3. The Bertz CT molecular complexity index is 818. The van der Waals surface area contributed by atoms with E-state index in [1.54, 1.807) is 18.2 Å². The SMILES string of the molecule is N#Cc1ccc(N)c(Sc2ncnc3ccccc23)c1. The summed E-state index contributed by atoms with van der Waals surface area (Å²) in [5.41, 5.74) is 8.07. The van der Waals surface area contributed by atoms with Crippen molar-refractivity contribution in [2.75, 3.05) is 5.73 Å². The average molecular weight is 278 g/mol. The van der Waals surface area contributed by atoms with E-state index in [4.69, 9.17) is 11.0 Å². The van der Waals surface area contributed by atoms with Crippen molar-refractivity contribution in [1.29, 1.82) is 5.26 Å². The van der Waals surface area contributed by atoms with Gasteiger partial charge in [-0.05, 0) is 24.3 Å². The second kappa shape index (κ2) is 5.19. The van der Waals surface area contributed by atoms with E-state index in [0.29, 0.717) is 11.3 Å². The Kier molecular flexibility index (Phi) is 3.23. The minimum atomic E-state index is 0.583. The molecule has 2 N–H and O–H groups in total. The van der Waals surface area contributed by atoms with Crippen molar-refractivity contribution in [2.45, 2.75) is 9.92 Å². The maximum absolute atomic E-state index is 8.97. The number of benzene rings is 2. The highest BCUT2D eigenvalue weighted by molar-refractivity contribution is 7.99. The molecule has 0 amide bonds. The van der Waals surface area contributed by atoms with Crippen LogP contribution in [0.4, 0.5) is 5.69 Å². The molecule has 0 saturated heterocycles. The van der Waals surface area contributed by atoms with Crippen LogP contribution >= 0.6 is 11.8 Å². The molecular weight excluding hydrogens is 268 g/mol. The molecule has 1 heterocycles. The van der Waals surface area contributed by atoms with Gasteiger partial charge in [-0.2, -0.15) is 5.26 Å². The Labute approximate surface area is 120 Å². The number of fused-ring (bicyclic) bond motifs is 1. The molecule has 20 heavy (non-hydrogen) atoms. The zero-order valence-electron chi connectivity index (χ0n) is 10.4. The van der Waals surface area contributed by atoms with Crippen molar-refractivity contribution in [1.82, 2.24) is 9.97 Å². The maximum atomic E-state index is 8.97. The number of para-hydroxylation sites is 1. The van der Waals surface area contributed by atoms with Crippen LogP contribution in [0.25, 0.3) is 10.9 Å². The minimum absolute atomic E-state index is 0.583. The average Bonchev–Trinajstić information content (AvgIpc) is 2.50. The third-order valence-electron chi connectivity index (χ3n) is 2.86. The van der Waals surface area contributed by atoms with E-state index in [0.717, 1.165) is 20.8 Å². The number of hydrogen-bond acceptors (Lipinski definition) is 5. The lowest BCUT2D eigenvalue weighted by atomic mass is 10.2. The minimum Gasteiger partial charge on any atom is -0.398 e. The first kappa shape index (κ1) is 12.5. The van der Waals surface area contributed by atoms with Crippen LogP contribution in [0.3, 0.4) is 0 Å². The topological polar surface area (TPSA) is 75.6 Å². The van der Waals surface area contributed by atoms with Gasteiger partial charge in [0.05, 0.1) is 17.1 Å². The molecule has 3 rings (SSSR count). The predicted molar refractivity (Wildman–Crippen MR) is 79.2 cm³/mol. The fraction of sp³-hybridized carbons (Fsp3) is 0. The quantitative estimate of drug-likeness (QED) is 0.575. The summed E-state index contributed by atoms with van der Waals surface area (Å²) in [4.78, 5) is 9.37. The zero-order chi connectivity index (χ0) is 13.9. The Morgan fingerprint density at radius 3 is 2.80 bits per heavy atom. The summed E-state index contributed by atoms with van der Waals surface area (Å²) in [6.07, 6.45) is 1.54. The molecule has 3 aromatic rings. The van der Waals surface area contributed by atoms with Gasteiger partial charge in [0, 0.05) is 16.0 Å². The van der Waals surface area contributed by atoms with Crippen molar-refractivity contribution in [3.8, 4) is 6.07 Å². The molecule has 0 bridgehead atoms. The first-order valence-corrected chi connectivity index (χ1v) is 6.77. The van der Waals surface area contributed by atoms with Crippen LogP contribution in [-0.4, -0.2) is 9.97 Å². The first-order chi connectivity index (χ1) is 9.78. The second-order valence-corrected chi connectivity index (χ2v) is 5.19. The molecule has 0 fully saturated rings. The summed E-state index contributed by atoms with van der Waals surface area (Å²) >= 11 is 1.45. The highest BCUT2D eigenvalue weighted by Gasteiger charge is 2.08. The van der Waals surface area contributed by atoms with Crippen LogP contribution in [0.1, 0.15) is 5.56 Å². The van der Waals surface area contributed by atoms with Crippen LogP contribution in [0, 0.1) is 11.3 Å². The summed E-state index contributed by atoms with van der Waals surface area (Å²) in [5, 5.41) is 10.8. The third-order valence-corrected chi connectivity index (χ3v) is 3.95. The fourth-order valence-corrected chi connectivity index (χ4v) is 2.82. The summed E-state index contributed by atoms with van der Waals surface area (Å²) in [7, 11) is 0. The highest BCUT2D eigenvalue weighted by atomic mass is 32.2. The third kappa shape index (κ3) is 2.29. The molecule has 0 aliphatic heterocycles. The fourth-order valence-electron chi connectivity index (χ4n) is 1.86. The summed E-state index contributed by atoms with van der Waals surface area (Å²) in [5.74, 6) is 0. The van der Waals surface area contributed by atoms with E-state index < -0.39 is 0 Å². The predicted octanol–water partition coefficient (Wildman–Crippen LogP) is 3.23. The summed E-state index contributed by atoms with van der Waals surface area (Å²) in [6.45, 7) is 0. The molecule has 0 aliphatic carbocycles. The molecule has 0 saturated carbocycles. The number of nitrogens with two attached hydrogens (primary N) is 1. The van der Waals surface area contributed by atoms with Gasteiger partial charge < -0.3 is 5.73 Å². The standard InChI is InChI=1S/C15H10N4S/c16-8-10-5-6-12(17)14(7-10)20-15-11-3-1-2-4-13(11)18-9-19-15/h1-7,9H,17H2. The van der Waals surface area contributed by atoms with Gasteiger partial charge in [-0.3, -0.25) is 0 Å². The molecule has 0 atom stereocenters. The molecule has 1 aromatic heterocycles. The molecule has 4 nitrogen and oxygen atoms in total. The number of rotatable bonds is 2. The van der Waals surface area contributed by atoms with Gasteiger partial charge in [0.25, 0.3) is 0 Å². The van der Waals surface area contributed by atoms with E-state index in [1.165, 1.54) is 18.1 Å². The molecule has 0 radical (unpaired) electrons. The number of anilines is 1. The lowest BCUT2D eigenvalue weighted by Crippen LogP contribution is -1.91. The van der Waals surface area contributed by atoms with Crippen LogP contribution in [0.15, 0.2) is 58.7 Å². The van der Waals surface area contributed by atoms with Crippen LogP contribution in [0.2, 0.25) is 0 Å². The summed E-state index contributed by atoms with van der Waals surface area (Å²) < 4.78 is 0. The van der Waals surface area contributed by atoms with Gasteiger partial charge in [0.1, 0.15) is 11.4 Å². The second-order valence-electron chi connectivity index (χ2n) is 4.16. The van der Waals surface area contributed by atoms with Crippen molar-refractivity contribution >= 4 is 28.4 Å². The van der Waals surface area contributed by atoms with Gasteiger partial charge in [-0.15, -0.1) is 0 Å². The Morgan fingerprint density at radius 1 is 1.10 bits per heavy atom. The van der Waals surface area contributed by atoms with E-state index in [2.05, 4.69) is 16.0 Å². The number of nitriles is 1. The van der Waals surface area contributed by atoms with E-state index in [-0.39, 0.29) is 0 Å². The smallest absolute Gasteiger partial charge is 0.117 e.